The first-order valence-corrected chi connectivity index (χ1v) is 16.3. The van der Waals surface area contributed by atoms with Crippen molar-refractivity contribution in [1.29, 1.82) is 0 Å². The van der Waals surface area contributed by atoms with E-state index in [4.69, 9.17) is 10.5 Å². The number of ether oxygens (including phenoxy) is 1. The zero-order chi connectivity index (χ0) is 39.1. The summed E-state index contributed by atoms with van der Waals surface area (Å²) in [5.41, 5.74) is 5.36. The summed E-state index contributed by atoms with van der Waals surface area (Å²) >= 11 is 0. The smallest absolute Gasteiger partial charge is 0.410 e. The third kappa shape index (κ3) is 13.6. The number of amides is 7. The fourth-order valence-corrected chi connectivity index (χ4v) is 4.50. The topological polar surface area (TPSA) is 283 Å². The number of nitro groups is 1. The van der Waals surface area contributed by atoms with Gasteiger partial charge in [-0.25, -0.2) is 4.79 Å². The number of pyridine rings is 1. The molecule has 19 heteroatoms. The molecule has 0 unspecified atom stereocenters. The van der Waals surface area contributed by atoms with Crippen LogP contribution in [0.3, 0.4) is 0 Å². The summed E-state index contributed by atoms with van der Waals surface area (Å²) < 4.78 is 5.15. The van der Waals surface area contributed by atoms with Crippen LogP contribution in [0.4, 0.5) is 16.2 Å². The largest absolute Gasteiger partial charge is 0.413 e. The van der Waals surface area contributed by atoms with Gasteiger partial charge in [0.15, 0.2) is 0 Å². The van der Waals surface area contributed by atoms with Crippen molar-refractivity contribution in [3.63, 3.8) is 0 Å². The maximum Gasteiger partial charge on any atom is 0.413 e. The SMILES string of the molecule is CC(C)[C@H](NC(=O)[C@@H](NC(=O)[C@@H](CCC(N)=O)NC(=O)Oc1ccncc1)C(C)C)C(=O)N[C@@H](C)C(=O)N[C@@H](C)C(=O)Nc1ccc([N+](=O)[O-])cc1. The average molecular weight is 728 g/mol. The van der Waals surface area contributed by atoms with Gasteiger partial charge in [0.25, 0.3) is 5.69 Å². The molecule has 0 radical (unpaired) electrons. The van der Waals surface area contributed by atoms with Crippen LogP contribution in [-0.4, -0.2) is 81.7 Å². The molecule has 0 aliphatic rings. The normalized spacial score (nSPS) is 13.7. The first kappa shape index (κ1) is 42.0. The van der Waals surface area contributed by atoms with Crippen LogP contribution in [0.1, 0.15) is 54.4 Å². The highest BCUT2D eigenvalue weighted by Gasteiger charge is 2.34. The second kappa shape index (κ2) is 19.9. The minimum absolute atomic E-state index is 0.144. The molecule has 0 spiro atoms. The zero-order valence-electron chi connectivity index (χ0n) is 29.6. The van der Waals surface area contributed by atoms with Gasteiger partial charge in [-0.15, -0.1) is 0 Å². The maximum absolute atomic E-state index is 13.5. The molecule has 0 saturated carbocycles. The number of non-ortho nitro benzene ring substituents is 1. The van der Waals surface area contributed by atoms with Crippen LogP contribution in [0.25, 0.3) is 0 Å². The Kier molecular flexibility index (Phi) is 16.1. The van der Waals surface area contributed by atoms with Crippen molar-refractivity contribution in [3.8, 4) is 5.75 Å². The minimum atomic E-state index is -1.32. The Morgan fingerprint density at radius 3 is 1.73 bits per heavy atom. The van der Waals surface area contributed by atoms with Crippen molar-refractivity contribution >= 4 is 52.9 Å². The Balaban J connectivity index is 2.04. The molecule has 0 bridgehead atoms. The van der Waals surface area contributed by atoms with Gasteiger partial charge in [0.2, 0.25) is 35.4 Å². The molecule has 0 aliphatic heterocycles. The number of hydrogen-bond donors (Lipinski definition) is 7. The first-order valence-electron chi connectivity index (χ1n) is 16.3. The lowest BCUT2D eigenvalue weighted by molar-refractivity contribution is -0.384. The monoisotopic (exact) mass is 727 g/mol. The molecule has 0 aliphatic carbocycles. The Morgan fingerprint density at radius 2 is 1.21 bits per heavy atom. The molecule has 1 aromatic carbocycles. The summed E-state index contributed by atoms with van der Waals surface area (Å²) in [6, 6.07) is 2.03. The molecule has 8 N–H and O–H groups in total. The third-order valence-electron chi connectivity index (χ3n) is 7.49. The number of hydrogen-bond acceptors (Lipinski definition) is 11. The Bertz CT molecular complexity index is 1600. The van der Waals surface area contributed by atoms with Crippen molar-refractivity contribution in [2.75, 3.05) is 5.32 Å². The number of nitrogens with zero attached hydrogens (tertiary/aromatic N) is 2. The molecule has 1 heterocycles. The van der Waals surface area contributed by atoms with Gasteiger partial charge >= 0.3 is 6.09 Å². The third-order valence-corrected chi connectivity index (χ3v) is 7.49. The zero-order valence-corrected chi connectivity index (χ0v) is 29.6. The summed E-state index contributed by atoms with van der Waals surface area (Å²) in [7, 11) is 0. The highest BCUT2D eigenvalue weighted by Crippen LogP contribution is 2.16. The van der Waals surface area contributed by atoms with Crippen LogP contribution in [0.2, 0.25) is 0 Å². The number of nitrogens with two attached hydrogens (primary N) is 1. The van der Waals surface area contributed by atoms with Crippen LogP contribution in [-0.2, 0) is 28.8 Å². The van der Waals surface area contributed by atoms with Gasteiger partial charge in [0.1, 0.15) is 36.0 Å². The van der Waals surface area contributed by atoms with Gasteiger partial charge < -0.3 is 42.4 Å². The van der Waals surface area contributed by atoms with E-state index in [1.54, 1.807) is 27.7 Å². The van der Waals surface area contributed by atoms with Crippen molar-refractivity contribution in [1.82, 2.24) is 31.6 Å². The van der Waals surface area contributed by atoms with E-state index in [1.165, 1.54) is 62.6 Å². The maximum atomic E-state index is 13.5. The number of aromatic nitrogens is 1. The number of benzene rings is 1. The number of anilines is 1. The van der Waals surface area contributed by atoms with Gasteiger partial charge in [-0.05, 0) is 56.4 Å². The molecule has 7 amide bonds. The van der Waals surface area contributed by atoms with E-state index in [2.05, 4.69) is 36.9 Å². The number of carbonyl (C=O) groups excluding carboxylic acids is 7. The Hall–Kier alpha value is -6.14. The average Bonchev–Trinajstić information content (AvgIpc) is 3.07. The number of nitro benzene ring substituents is 1. The van der Waals surface area contributed by atoms with Gasteiger partial charge in [0, 0.05) is 36.6 Å². The predicted molar refractivity (Wildman–Crippen MR) is 186 cm³/mol. The second-order valence-corrected chi connectivity index (χ2v) is 12.5. The molecule has 19 nitrogen and oxygen atoms in total. The molecular formula is C33H45N9O10. The van der Waals surface area contributed by atoms with E-state index in [1.807, 2.05) is 0 Å². The van der Waals surface area contributed by atoms with E-state index in [-0.39, 0.29) is 30.0 Å². The molecule has 5 atom stereocenters. The molecule has 0 saturated heterocycles. The molecular weight excluding hydrogens is 682 g/mol. The van der Waals surface area contributed by atoms with Crippen LogP contribution in [0.15, 0.2) is 48.8 Å². The van der Waals surface area contributed by atoms with Crippen LogP contribution < -0.4 is 42.4 Å². The molecule has 2 aromatic rings. The summed E-state index contributed by atoms with van der Waals surface area (Å²) in [4.78, 5) is 104. The van der Waals surface area contributed by atoms with Gasteiger partial charge in [-0.3, -0.25) is 43.9 Å². The lowest BCUT2D eigenvalue weighted by Gasteiger charge is -2.29. The summed E-state index contributed by atoms with van der Waals surface area (Å²) in [5, 5.41) is 25.9. The van der Waals surface area contributed by atoms with Gasteiger partial charge in [-0.2, -0.15) is 0 Å². The van der Waals surface area contributed by atoms with E-state index in [9.17, 15) is 43.7 Å². The lowest BCUT2D eigenvalue weighted by atomic mass is 9.99. The standard InChI is InChI=1S/C33H45N9O10/c1-17(2)26(31(47)37-19(5)28(44)36-20(6)29(45)38-21-7-9-22(10-8-21)42(50)51)41-32(48)27(18(3)4)40-30(46)24(11-12-25(34)43)39-33(49)52-23-13-15-35-16-14-23/h7-10,13-20,24,26-27H,11-12H2,1-6H3,(H2,34,43)(H,36,44)(H,37,47)(H,38,45)(H,39,49)(H,40,46)(H,41,48)/t19-,20-,24+,26-,27-/m0/s1. The quantitative estimate of drug-likeness (QED) is 0.0826. The fraction of sp³-hybridized carbons (Fsp3) is 0.455. The van der Waals surface area contributed by atoms with E-state index >= 15 is 0 Å². The van der Waals surface area contributed by atoms with Gasteiger partial charge in [0.05, 0.1) is 4.92 Å². The van der Waals surface area contributed by atoms with Crippen molar-refractivity contribution in [2.24, 2.45) is 17.6 Å². The second-order valence-electron chi connectivity index (χ2n) is 12.5. The minimum Gasteiger partial charge on any atom is -0.410 e. The van der Waals surface area contributed by atoms with Crippen molar-refractivity contribution in [2.45, 2.75) is 84.6 Å². The van der Waals surface area contributed by atoms with E-state index in [0.717, 1.165) is 0 Å². The molecule has 1 aromatic heterocycles. The first-order chi connectivity index (χ1) is 24.4. The van der Waals surface area contributed by atoms with E-state index < -0.39 is 88.5 Å². The summed E-state index contributed by atoms with van der Waals surface area (Å²) in [6.07, 6.45) is 1.31. The highest BCUT2D eigenvalue weighted by molar-refractivity contribution is 5.99. The van der Waals surface area contributed by atoms with Crippen LogP contribution >= 0.6 is 0 Å². The fourth-order valence-electron chi connectivity index (χ4n) is 4.50. The summed E-state index contributed by atoms with van der Waals surface area (Å²) in [5.74, 6) is -5.18. The number of carbonyl (C=O) groups is 7. The van der Waals surface area contributed by atoms with E-state index in [0.29, 0.717) is 0 Å². The van der Waals surface area contributed by atoms with Crippen molar-refractivity contribution < 1.29 is 43.2 Å². The van der Waals surface area contributed by atoms with Crippen molar-refractivity contribution in [3.05, 3.63) is 58.9 Å². The molecule has 2 rings (SSSR count). The molecule has 52 heavy (non-hydrogen) atoms. The predicted octanol–water partition coefficient (Wildman–Crippen LogP) is 0.642. The number of rotatable bonds is 18. The number of nitrogens with one attached hydrogen (secondary N) is 6. The lowest BCUT2D eigenvalue weighted by Crippen LogP contribution is -2.60. The van der Waals surface area contributed by atoms with Gasteiger partial charge in [-0.1, -0.05) is 27.7 Å². The number of primary amides is 1. The molecule has 0 fully saturated rings. The summed E-state index contributed by atoms with van der Waals surface area (Å²) in [6.45, 7) is 9.38. The van der Waals surface area contributed by atoms with Crippen LogP contribution in [0.5, 0.6) is 5.75 Å². The Labute approximate surface area is 299 Å². The van der Waals surface area contributed by atoms with Crippen LogP contribution in [0, 0.1) is 22.0 Å². The molecule has 282 valence electrons. The Morgan fingerprint density at radius 1 is 0.712 bits per heavy atom. The highest BCUT2D eigenvalue weighted by atomic mass is 16.6.